The third-order valence-electron chi connectivity index (χ3n) is 4.39. The molecule has 14 heavy (non-hydrogen) atoms. The predicted octanol–water partition coefficient (Wildman–Crippen LogP) is 1.76. The molecule has 0 aromatic heterocycles. The van der Waals surface area contributed by atoms with E-state index in [4.69, 9.17) is 0 Å². The summed E-state index contributed by atoms with van der Waals surface area (Å²) in [7, 11) is 0. The lowest BCUT2D eigenvalue weighted by molar-refractivity contribution is 0.145. The Bertz CT molecular complexity index is 196. The fraction of sp³-hybridized carbons (Fsp3) is 1.00. The van der Waals surface area contributed by atoms with Crippen LogP contribution in [0.2, 0.25) is 0 Å². The molecule has 3 aliphatic rings. The molecule has 0 spiro atoms. The maximum absolute atomic E-state index is 3.60. The molecule has 2 aliphatic heterocycles. The van der Waals surface area contributed by atoms with Gasteiger partial charge in [0.1, 0.15) is 0 Å². The van der Waals surface area contributed by atoms with E-state index in [0.29, 0.717) is 0 Å². The Hall–Kier alpha value is -0.0800. The molecular weight excluding hydrogens is 172 g/mol. The van der Waals surface area contributed by atoms with E-state index in [9.17, 15) is 0 Å². The summed E-state index contributed by atoms with van der Waals surface area (Å²) in [5.74, 6) is 0. The fourth-order valence-corrected chi connectivity index (χ4v) is 3.63. The van der Waals surface area contributed by atoms with Crippen LogP contribution in [0, 0.1) is 0 Å². The average Bonchev–Trinajstić information content (AvgIpc) is 2.72. The second-order valence-corrected chi connectivity index (χ2v) is 5.34. The summed E-state index contributed by atoms with van der Waals surface area (Å²) in [6.45, 7) is 2.61. The van der Waals surface area contributed by atoms with Gasteiger partial charge in [0, 0.05) is 31.2 Å². The molecule has 0 aromatic rings. The lowest BCUT2D eigenvalue weighted by Crippen LogP contribution is -2.48. The van der Waals surface area contributed by atoms with Crippen molar-refractivity contribution in [2.75, 3.05) is 13.1 Å². The van der Waals surface area contributed by atoms with Crippen molar-refractivity contribution in [3.8, 4) is 0 Å². The van der Waals surface area contributed by atoms with Crippen LogP contribution in [0.4, 0.5) is 0 Å². The molecule has 0 aromatic carbocycles. The summed E-state index contributed by atoms with van der Waals surface area (Å²) in [5, 5.41) is 3.60. The molecule has 2 saturated heterocycles. The van der Waals surface area contributed by atoms with E-state index in [1.807, 2.05) is 0 Å². The van der Waals surface area contributed by atoms with Gasteiger partial charge in [0.2, 0.25) is 0 Å². The Morgan fingerprint density at radius 1 is 0.929 bits per heavy atom. The summed E-state index contributed by atoms with van der Waals surface area (Å²) < 4.78 is 0. The summed E-state index contributed by atoms with van der Waals surface area (Å²) in [6.07, 6.45) is 10.3. The minimum absolute atomic E-state index is 0.836. The summed E-state index contributed by atoms with van der Waals surface area (Å²) >= 11 is 0. The molecule has 1 N–H and O–H groups in total. The van der Waals surface area contributed by atoms with E-state index in [1.54, 1.807) is 0 Å². The van der Waals surface area contributed by atoms with Crippen molar-refractivity contribution in [2.24, 2.45) is 0 Å². The number of hydrogen-bond acceptors (Lipinski definition) is 2. The van der Waals surface area contributed by atoms with Gasteiger partial charge in [0.15, 0.2) is 0 Å². The first-order valence-corrected chi connectivity index (χ1v) is 6.42. The number of hydrogen-bond donors (Lipinski definition) is 1. The molecule has 2 unspecified atom stereocenters. The zero-order chi connectivity index (χ0) is 9.38. The Kier molecular flexibility index (Phi) is 2.50. The van der Waals surface area contributed by atoms with Crippen LogP contribution in [0.15, 0.2) is 0 Å². The maximum Gasteiger partial charge on any atom is 0.0239 e. The number of piperazine rings is 1. The van der Waals surface area contributed by atoms with Crippen molar-refractivity contribution >= 4 is 0 Å². The monoisotopic (exact) mass is 194 g/mol. The molecule has 3 rings (SSSR count). The maximum atomic E-state index is 3.60. The van der Waals surface area contributed by atoms with Crippen molar-refractivity contribution in [3.05, 3.63) is 0 Å². The van der Waals surface area contributed by atoms with Crippen LogP contribution in [0.5, 0.6) is 0 Å². The molecule has 3 fully saturated rings. The van der Waals surface area contributed by atoms with E-state index in [0.717, 1.165) is 18.1 Å². The Morgan fingerprint density at radius 2 is 1.71 bits per heavy atom. The van der Waals surface area contributed by atoms with Crippen molar-refractivity contribution in [1.29, 1.82) is 0 Å². The van der Waals surface area contributed by atoms with E-state index < -0.39 is 0 Å². The third kappa shape index (κ3) is 1.59. The van der Waals surface area contributed by atoms with Gasteiger partial charge in [-0.05, 0) is 19.3 Å². The van der Waals surface area contributed by atoms with Crippen LogP contribution in [-0.2, 0) is 0 Å². The van der Waals surface area contributed by atoms with Gasteiger partial charge in [-0.25, -0.2) is 0 Å². The smallest absolute Gasteiger partial charge is 0.0239 e. The highest BCUT2D eigenvalue weighted by Crippen LogP contribution is 2.31. The van der Waals surface area contributed by atoms with Crippen LogP contribution in [0.3, 0.4) is 0 Å². The quantitative estimate of drug-likeness (QED) is 0.640. The normalized spacial score (nSPS) is 40.3. The first-order chi connectivity index (χ1) is 6.93. The summed E-state index contributed by atoms with van der Waals surface area (Å²) in [5.41, 5.74) is 0. The predicted molar refractivity (Wildman–Crippen MR) is 58.4 cm³/mol. The number of nitrogens with one attached hydrogen (secondary N) is 1. The molecule has 2 heterocycles. The van der Waals surface area contributed by atoms with E-state index >= 15 is 0 Å². The lowest BCUT2D eigenvalue weighted by Gasteiger charge is -2.34. The molecule has 2 bridgehead atoms. The largest absolute Gasteiger partial charge is 0.311 e. The van der Waals surface area contributed by atoms with Crippen molar-refractivity contribution in [1.82, 2.24) is 10.2 Å². The SMILES string of the molecule is C1CCCC(N2CC3CC2CN3)CC1. The molecule has 80 valence electrons. The zero-order valence-corrected chi connectivity index (χ0v) is 9.04. The van der Waals surface area contributed by atoms with E-state index in [2.05, 4.69) is 10.2 Å². The van der Waals surface area contributed by atoms with Crippen molar-refractivity contribution < 1.29 is 0 Å². The zero-order valence-electron chi connectivity index (χ0n) is 9.04. The first-order valence-electron chi connectivity index (χ1n) is 6.42. The van der Waals surface area contributed by atoms with Crippen molar-refractivity contribution in [3.63, 3.8) is 0 Å². The van der Waals surface area contributed by atoms with E-state index in [-0.39, 0.29) is 0 Å². The second kappa shape index (κ2) is 3.82. The Morgan fingerprint density at radius 3 is 2.29 bits per heavy atom. The minimum Gasteiger partial charge on any atom is -0.311 e. The van der Waals surface area contributed by atoms with Gasteiger partial charge in [-0.2, -0.15) is 0 Å². The average molecular weight is 194 g/mol. The highest BCUT2D eigenvalue weighted by atomic mass is 15.3. The van der Waals surface area contributed by atoms with Crippen LogP contribution in [0.1, 0.15) is 44.9 Å². The van der Waals surface area contributed by atoms with Gasteiger partial charge in [0.25, 0.3) is 0 Å². The Labute approximate surface area is 87.0 Å². The summed E-state index contributed by atoms with van der Waals surface area (Å²) in [4.78, 5) is 2.83. The van der Waals surface area contributed by atoms with Crippen LogP contribution in [0.25, 0.3) is 0 Å². The highest BCUT2D eigenvalue weighted by molar-refractivity contribution is 4.99. The minimum atomic E-state index is 0.836. The number of fused-ring (bicyclic) bond motifs is 2. The van der Waals surface area contributed by atoms with Crippen LogP contribution in [-0.4, -0.2) is 36.1 Å². The molecular formula is C12H22N2. The fourth-order valence-electron chi connectivity index (χ4n) is 3.63. The number of rotatable bonds is 1. The van der Waals surface area contributed by atoms with Gasteiger partial charge in [-0.1, -0.05) is 25.7 Å². The lowest BCUT2D eigenvalue weighted by atomic mass is 10.1. The van der Waals surface area contributed by atoms with Gasteiger partial charge < -0.3 is 5.32 Å². The molecule has 1 aliphatic carbocycles. The molecule has 1 saturated carbocycles. The third-order valence-corrected chi connectivity index (χ3v) is 4.39. The molecule has 2 atom stereocenters. The van der Waals surface area contributed by atoms with Gasteiger partial charge in [-0.3, -0.25) is 4.90 Å². The van der Waals surface area contributed by atoms with Gasteiger partial charge in [-0.15, -0.1) is 0 Å². The van der Waals surface area contributed by atoms with Crippen molar-refractivity contribution in [2.45, 2.75) is 63.1 Å². The van der Waals surface area contributed by atoms with E-state index in [1.165, 1.54) is 58.0 Å². The van der Waals surface area contributed by atoms with Gasteiger partial charge >= 0.3 is 0 Å². The number of nitrogens with zero attached hydrogens (tertiary/aromatic N) is 1. The van der Waals surface area contributed by atoms with Gasteiger partial charge in [0.05, 0.1) is 0 Å². The molecule has 2 heteroatoms. The second-order valence-electron chi connectivity index (χ2n) is 5.34. The topological polar surface area (TPSA) is 15.3 Å². The number of likely N-dealkylation sites (tertiary alicyclic amines) is 1. The molecule has 0 amide bonds. The summed E-state index contributed by atoms with van der Waals surface area (Å²) in [6, 6.07) is 2.67. The molecule has 2 nitrogen and oxygen atoms in total. The first kappa shape index (κ1) is 9.17. The standard InChI is InChI=1S/C12H22N2/c1-2-4-6-11(5-3-1)14-9-10-7-12(14)8-13-10/h10-13H,1-9H2. The molecule has 0 radical (unpaired) electrons. The Balaban J connectivity index is 1.63. The highest BCUT2D eigenvalue weighted by Gasteiger charge is 2.40. The van der Waals surface area contributed by atoms with Crippen LogP contribution >= 0.6 is 0 Å². The van der Waals surface area contributed by atoms with Crippen LogP contribution < -0.4 is 5.32 Å².